The minimum absolute atomic E-state index is 0.108. The van der Waals surface area contributed by atoms with Crippen molar-refractivity contribution in [3.8, 4) is 11.5 Å². The van der Waals surface area contributed by atoms with Crippen LogP contribution in [-0.2, 0) is 0 Å². The third-order valence-corrected chi connectivity index (χ3v) is 4.45. The van der Waals surface area contributed by atoms with E-state index in [9.17, 15) is 9.90 Å². The molecule has 0 saturated carbocycles. The number of phenols is 1. The fourth-order valence-electron chi connectivity index (χ4n) is 2.65. The largest absolute Gasteiger partial charge is 0.507 e. The molecule has 3 aromatic carbocycles. The van der Waals surface area contributed by atoms with Crippen molar-refractivity contribution in [2.75, 3.05) is 6.61 Å². The molecule has 0 aromatic heterocycles. The number of nitrogens with one attached hydrogen (secondary N) is 1. The Hall–Kier alpha value is -2.86. The Labute approximate surface area is 165 Å². The molecule has 0 spiro atoms. The summed E-state index contributed by atoms with van der Waals surface area (Å²) in [7, 11) is 0. The fourth-order valence-corrected chi connectivity index (χ4v) is 3.01. The maximum absolute atomic E-state index is 12.3. The summed E-state index contributed by atoms with van der Waals surface area (Å²) >= 11 is 3.28. The van der Waals surface area contributed by atoms with E-state index < -0.39 is 5.91 Å². The van der Waals surface area contributed by atoms with Crippen LogP contribution in [0.4, 0.5) is 0 Å². The number of nitrogens with zero attached hydrogens (tertiary/aromatic N) is 1. The average molecular weight is 427 g/mol. The van der Waals surface area contributed by atoms with Crippen molar-refractivity contribution in [2.24, 2.45) is 5.10 Å². The van der Waals surface area contributed by atoms with Gasteiger partial charge < -0.3 is 9.84 Å². The summed E-state index contributed by atoms with van der Waals surface area (Å²) in [6, 6.07) is 16.4. The predicted molar refractivity (Wildman–Crippen MR) is 111 cm³/mol. The summed E-state index contributed by atoms with van der Waals surface area (Å²) < 4.78 is 6.51. The zero-order valence-corrected chi connectivity index (χ0v) is 16.4. The van der Waals surface area contributed by atoms with Gasteiger partial charge in [0.2, 0.25) is 0 Å². The van der Waals surface area contributed by atoms with Gasteiger partial charge in [-0.2, -0.15) is 5.10 Å². The smallest absolute Gasteiger partial charge is 0.275 e. The molecule has 0 saturated heterocycles. The summed E-state index contributed by atoms with van der Waals surface area (Å²) in [6.45, 7) is 2.64. The molecular weight excluding hydrogens is 408 g/mol. The van der Waals surface area contributed by atoms with Crippen LogP contribution in [0.15, 0.2) is 64.2 Å². The van der Waals surface area contributed by atoms with E-state index in [0.717, 1.165) is 22.8 Å². The zero-order chi connectivity index (χ0) is 19.2. The van der Waals surface area contributed by atoms with E-state index in [1.165, 1.54) is 12.1 Å². The number of amides is 1. The van der Waals surface area contributed by atoms with Gasteiger partial charge in [-0.05, 0) is 41.5 Å². The lowest BCUT2D eigenvalue weighted by Crippen LogP contribution is -2.17. The molecule has 138 valence electrons. The molecule has 2 N–H and O–H groups in total. The van der Waals surface area contributed by atoms with Crippen molar-refractivity contribution in [3.05, 3.63) is 70.2 Å². The van der Waals surface area contributed by atoms with Crippen LogP contribution in [0.1, 0.15) is 29.3 Å². The van der Waals surface area contributed by atoms with Gasteiger partial charge in [0.1, 0.15) is 11.5 Å². The van der Waals surface area contributed by atoms with Gasteiger partial charge in [-0.1, -0.05) is 53.2 Å². The number of carbonyl (C=O) groups excluding carboxylic acids is 1. The van der Waals surface area contributed by atoms with Crippen LogP contribution in [0.3, 0.4) is 0 Å². The molecule has 27 heavy (non-hydrogen) atoms. The highest BCUT2D eigenvalue weighted by Gasteiger charge is 2.11. The highest BCUT2D eigenvalue weighted by Crippen LogP contribution is 2.27. The zero-order valence-electron chi connectivity index (χ0n) is 14.8. The lowest BCUT2D eigenvalue weighted by Gasteiger charge is -2.11. The average Bonchev–Trinajstić information content (AvgIpc) is 2.68. The maximum Gasteiger partial charge on any atom is 0.275 e. The molecule has 0 fully saturated rings. The van der Waals surface area contributed by atoms with Crippen LogP contribution < -0.4 is 10.2 Å². The van der Waals surface area contributed by atoms with Crippen LogP contribution >= 0.6 is 15.9 Å². The Morgan fingerprint density at radius 2 is 2.04 bits per heavy atom. The Balaban J connectivity index is 1.88. The number of halogens is 1. The van der Waals surface area contributed by atoms with Crippen LogP contribution in [0.25, 0.3) is 10.8 Å². The van der Waals surface area contributed by atoms with E-state index >= 15 is 0 Å². The first-order chi connectivity index (χ1) is 13.1. The molecule has 0 radical (unpaired) electrons. The highest BCUT2D eigenvalue weighted by molar-refractivity contribution is 9.10. The van der Waals surface area contributed by atoms with Gasteiger partial charge in [0.05, 0.1) is 18.4 Å². The molecular formula is C21H19BrN2O3. The van der Waals surface area contributed by atoms with Crippen molar-refractivity contribution < 1.29 is 14.6 Å². The Morgan fingerprint density at radius 1 is 1.22 bits per heavy atom. The lowest BCUT2D eigenvalue weighted by atomic mass is 10.0. The molecule has 0 atom stereocenters. The third kappa shape index (κ3) is 4.46. The minimum atomic E-state index is -0.499. The quantitative estimate of drug-likeness (QED) is 0.436. The van der Waals surface area contributed by atoms with Crippen LogP contribution in [0.5, 0.6) is 11.5 Å². The number of carbonyl (C=O) groups is 1. The van der Waals surface area contributed by atoms with Gasteiger partial charge in [-0.3, -0.25) is 4.79 Å². The second kappa shape index (κ2) is 8.68. The molecule has 0 bridgehead atoms. The molecule has 3 aromatic rings. The van der Waals surface area contributed by atoms with E-state index in [-0.39, 0.29) is 11.3 Å². The monoisotopic (exact) mass is 426 g/mol. The summed E-state index contributed by atoms with van der Waals surface area (Å²) in [4.78, 5) is 12.3. The number of ether oxygens (including phenoxy) is 1. The second-order valence-electron chi connectivity index (χ2n) is 5.91. The summed E-state index contributed by atoms with van der Waals surface area (Å²) in [5.41, 5.74) is 3.39. The highest BCUT2D eigenvalue weighted by atomic mass is 79.9. The van der Waals surface area contributed by atoms with Crippen molar-refractivity contribution in [1.29, 1.82) is 0 Å². The van der Waals surface area contributed by atoms with Gasteiger partial charge in [0.25, 0.3) is 5.91 Å². The van der Waals surface area contributed by atoms with E-state index in [1.54, 1.807) is 12.3 Å². The molecule has 0 heterocycles. The van der Waals surface area contributed by atoms with Crippen LogP contribution in [0.2, 0.25) is 0 Å². The van der Waals surface area contributed by atoms with Crippen molar-refractivity contribution >= 4 is 38.8 Å². The number of phenolic OH excluding ortho intramolecular Hbond substituents is 1. The van der Waals surface area contributed by atoms with E-state index in [0.29, 0.717) is 16.8 Å². The first-order valence-corrected chi connectivity index (χ1v) is 9.36. The molecule has 1 amide bonds. The summed E-state index contributed by atoms with van der Waals surface area (Å²) in [5.74, 6) is 0.100. The molecule has 0 aliphatic heterocycles. The first-order valence-electron chi connectivity index (χ1n) is 8.56. The number of hydrogen-bond donors (Lipinski definition) is 2. The molecule has 0 aliphatic carbocycles. The third-order valence-electron chi connectivity index (χ3n) is 3.96. The molecule has 0 aliphatic rings. The number of hydrazone groups is 1. The number of rotatable bonds is 6. The van der Waals surface area contributed by atoms with E-state index in [2.05, 4.69) is 26.5 Å². The fraction of sp³-hybridized carbons (Fsp3) is 0.143. The summed E-state index contributed by atoms with van der Waals surface area (Å²) in [5, 5.41) is 16.0. The number of aromatic hydroxyl groups is 1. The van der Waals surface area contributed by atoms with E-state index in [1.807, 2.05) is 43.3 Å². The number of hydrogen-bond acceptors (Lipinski definition) is 4. The van der Waals surface area contributed by atoms with Crippen LogP contribution in [0, 0.1) is 0 Å². The first kappa shape index (κ1) is 18.9. The maximum atomic E-state index is 12.3. The number of fused-ring (bicyclic) bond motifs is 1. The van der Waals surface area contributed by atoms with Gasteiger partial charge in [0, 0.05) is 10.0 Å². The Bertz CT molecular complexity index is 1000. The van der Waals surface area contributed by atoms with Crippen molar-refractivity contribution in [3.63, 3.8) is 0 Å². The summed E-state index contributed by atoms with van der Waals surface area (Å²) in [6.07, 6.45) is 2.46. The topological polar surface area (TPSA) is 70.9 Å². The van der Waals surface area contributed by atoms with Gasteiger partial charge in [0.15, 0.2) is 0 Å². The van der Waals surface area contributed by atoms with Crippen LogP contribution in [-0.4, -0.2) is 23.8 Å². The minimum Gasteiger partial charge on any atom is -0.507 e. The molecule has 5 nitrogen and oxygen atoms in total. The standard InChI is InChI=1S/C21H19BrN2O3/c1-2-11-27-20-10-7-14-5-3-4-6-16(14)18(20)13-23-24-21(26)17-12-15(22)8-9-19(17)25/h3-10,12-13,25H,2,11H2,1H3,(H,24,26)/b23-13-. The Kier molecular flexibility index (Phi) is 6.08. The molecule has 0 unspecified atom stereocenters. The Morgan fingerprint density at radius 3 is 2.85 bits per heavy atom. The van der Waals surface area contributed by atoms with Gasteiger partial charge in [-0.25, -0.2) is 5.43 Å². The van der Waals surface area contributed by atoms with Gasteiger partial charge >= 0.3 is 0 Å². The normalized spacial score (nSPS) is 11.0. The van der Waals surface area contributed by atoms with E-state index in [4.69, 9.17) is 4.74 Å². The van der Waals surface area contributed by atoms with Crippen molar-refractivity contribution in [2.45, 2.75) is 13.3 Å². The van der Waals surface area contributed by atoms with Crippen molar-refractivity contribution in [1.82, 2.24) is 5.43 Å². The van der Waals surface area contributed by atoms with Gasteiger partial charge in [-0.15, -0.1) is 0 Å². The SMILES string of the molecule is CCCOc1ccc2ccccc2c1/C=N\NC(=O)c1cc(Br)ccc1O. The lowest BCUT2D eigenvalue weighted by molar-refractivity contribution is 0.0952. The number of benzene rings is 3. The second-order valence-corrected chi connectivity index (χ2v) is 6.82. The predicted octanol–water partition coefficient (Wildman–Crippen LogP) is 4.86. The molecule has 6 heteroatoms. The molecule has 3 rings (SSSR count).